The number of hydrogen-bond acceptors (Lipinski definition) is 5. The maximum Gasteiger partial charge on any atom is 0.326 e. The molecular formula is C18H18F3N3O4S. The minimum Gasteiger partial charge on any atom is -0.506 e. The number of anilines is 1. The van der Waals surface area contributed by atoms with Crippen molar-refractivity contribution in [1.29, 1.82) is 0 Å². The second-order valence-electron chi connectivity index (χ2n) is 7.54. The Labute approximate surface area is 165 Å². The molecule has 2 heterocycles. The van der Waals surface area contributed by atoms with E-state index < -0.39 is 45.8 Å². The molecule has 1 aromatic carbocycles. The third-order valence-electron chi connectivity index (χ3n) is 5.22. The molecule has 2 N–H and O–H groups in total. The summed E-state index contributed by atoms with van der Waals surface area (Å²) >= 11 is 0. The maximum absolute atomic E-state index is 14.8. The Kier molecular flexibility index (Phi) is 4.66. The number of phenols is 1. The first-order valence-electron chi connectivity index (χ1n) is 9.02. The molecule has 1 aromatic rings. The van der Waals surface area contributed by atoms with Gasteiger partial charge < -0.3 is 5.11 Å². The molecule has 4 rings (SSSR count). The van der Waals surface area contributed by atoms with Crippen molar-refractivity contribution in [2.45, 2.75) is 18.8 Å². The largest absolute Gasteiger partial charge is 0.506 e. The fraction of sp³-hybridized carbons (Fsp3) is 0.500. The third-order valence-corrected chi connectivity index (χ3v) is 6.60. The van der Waals surface area contributed by atoms with Crippen molar-refractivity contribution in [3.63, 3.8) is 0 Å². The van der Waals surface area contributed by atoms with Crippen LogP contribution in [0, 0.1) is 29.5 Å². The highest BCUT2D eigenvalue weighted by Gasteiger charge is 2.43. The number of nitrogens with one attached hydrogen (secondary N) is 1. The van der Waals surface area contributed by atoms with Crippen LogP contribution in [0.3, 0.4) is 0 Å². The molecule has 1 amide bonds. The number of rotatable bonds is 3. The first-order valence-corrected chi connectivity index (χ1v) is 10.5. The Bertz CT molecular complexity index is 1030. The SMILES string of the molecule is O=C1CN(c2c(O)ccc(C#C[C@H]3C[C@@H]3CN3CCC(F)(F)C3)c2F)S(=O)(=O)N1. The summed E-state index contributed by atoms with van der Waals surface area (Å²) in [5.41, 5.74) is -0.757. The highest BCUT2D eigenvalue weighted by atomic mass is 32.2. The third kappa shape index (κ3) is 4.00. The Morgan fingerprint density at radius 2 is 2.10 bits per heavy atom. The van der Waals surface area contributed by atoms with Crippen LogP contribution in [0.2, 0.25) is 0 Å². The number of aromatic hydroxyl groups is 1. The number of phenolic OH excluding ortho intramolecular Hbond substituents is 1. The van der Waals surface area contributed by atoms with Gasteiger partial charge in [0.15, 0.2) is 5.82 Å². The van der Waals surface area contributed by atoms with E-state index in [1.165, 1.54) is 6.07 Å². The van der Waals surface area contributed by atoms with E-state index in [-0.39, 0.29) is 30.4 Å². The molecule has 29 heavy (non-hydrogen) atoms. The average molecular weight is 429 g/mol. The lowest BCUT2D eigenvalue weighted by molar-refractivity contribution is -0.117. The monoisotopic (exact) mass is 429 g/mol. The van der Waals surface area contributed by atoms with Crippen molar-refractivity contribution in [2.75, 3.05) is 30.5 Å². The molecular weight excluding hydrogens is 411 g/mol. The van der Waals surface area contributed by atoms with E-state index in [0.717, 1.165) is 12.5 Å². The molecule has 3 aliphatic rings. The number of halogens is 3. The van der Waals surface area contributed by atoms with Gasteiger partial charge in [0, 0.05) is 25.4 Å². The van der Waals surface area contributed by atoms with Crippen LogP contribution in [0.4, 0.5) is 18.9 Å². The van der Waals surface area contributed by atoms with Crippen LogP contribution in [0.5, 0.6) is 5.75 Å². The second kappa shape index (κ2) is 6.81. The van der Waals surface area contributed by atoms with Crippen molar-refractivity contribution in [1.82, 2.24) is 9.62 Å². The van der Waals surface area contributed by atoms with E-state index in [4.69, 9.17) is 0 Å². The van der Waals surface area contributed by atoms with Crippen LogP contribution in [-0.4, -0.2) is 56.4 Å². The lowest BCUT2D eigenvalue weighted by Gasteiger charge is -2.17. The van der Waals surface area contributed by atoms with E-state index >= 15 is 0 Å². The molecule has 2 saturated heterocycles. The van der Waals surface area contributed by atoms with Gasteiger partial charge in [0.2, 0.25) is 0 Å². The van der Waals surface area contributed by atoms with Gasteiger partial charge >= 0.3 is 10.2 Å². The molecule has 2 aliphatic heterocycles. The zero-order chi connectivity index (χ0) is 21.0. The predicted molar refractivity (Wildman–Crippen MR) is 97.0 cm³/mol. The Balaban J connectivity index is 1.48. The summed E-state index contributed by atoms with van der Waals surface area (Å²) in [6.45, 7) is -0.0414. The topological polar surface area (TPSA) is 90.0 Å². The smallest absolute Gasteiger partial charge is 0.326 e. The van der Waals surface area contributed by atoms with Gasteiger partial charge in [-0.25, -0.2) is 22.2 Å². The minimum absolute atomic E-state index is 0.0559. The van der Waals surface area contributed by atoms with Gasteiger partial charge in [-0.1, -0.05) is 11.8 Å². The molecule has 0 radical (unpaired) electrons. The molecule has 0 spiro atoms. The number of amides is 1. The van der Waals surface area contributed by atoms with E-state index in [9.17, 15) is 31.5 Å². The second-order valence-corrected chi connectivity index (χ2v) is 9.14. The van der Waals surface area contributed by atoms with Gasteiger partial charge in [0.05, 0.1) is 12.1 Å². The van der Waals surface area contributed by atoms with Crippen LogP contribution < -0.4 is 9.03 Å². The molecule has 7 nitrogen and oxygen atoms in total. The lowest BCUT2D eigenvalue weighted by Crippen LogP contribution is -2.30. The zero-order valence-electron chi connectivity index (χ0n) is 15.2. The Hall–Kier alpha value is -2.45. The van der Waals surface area contributed by atoms with E-state index in [0.29, 0.717) is 17.4 Å². The molecule has 0 aromatic heterocycles. The fourth-order valence-electron chi connectivity index (χ4n) is 3.63. The summed E-state index contributed by atoms with van der Waals surface area (Å²) in [5.74, 6) is 0.451. The molecule has 0 bridgehead atoms. The van der Waals surface area contributed by atoms with Crippen molar-refractivity contribution in [3.05, 3.63) is 23.5 Å². The number of nitrogens with zero attached hydrogens (tertiary/aromatic N) is 2. The molecule has 2 atom stereocenters. The summed E-state index contributed by atoms with van der Waals surface area (Å²) in [4.78, 5) is 13.1. The van der Waals surface area contributed by atoms with Crippen molar-refractivity contribution < 1.29 is 31.5 Å². The number of likely N-dealkylation sites (tertiary alicyclic amines) is 1. The fourth-order valence-corrected chi connectivity index (χ4v) is 4.79. The zero-order valence-corrected chi connectivity index (χ0v) is 16.0. The molecule has 156 valence electrons. The van der Waals surface area contributed by atoms with Gasteiger partial charge in [-0.05, 0) is 24.5 Å². The molecule has 11 heteroatoms. The summed E-state index contributed by atoms with van der Waals surface area (Å²) in [7, 11) is -4.28. The predicted octanol–water partition coefficient (Wildman–Crippen LogP) is 1.04. The first kappa shape index (κ1) is 19.8. The quantitative estimate of drug-likeness (QED) is 0.701. The molecule has 0 unspecified atom stereocenters. The Morgan fingerprint density at radius 1 is 1.34 bits per heavy atom. The number of carbonyl (C=O) groups excluding carboxylic acids is 1. The van der Waals surface area contributed by atoms with Gasteiger partial charge in [0.25, 0.3) is 11.8 Å². The summed E-state index contributed by atoms with van der Waals surface area (Å²) < 4.78 is 67.4. The maximum atomic E-state index is 14.8. The molecule has 3 fully saturated rings. The summed E-state index contributed by atoms with van der Waals surface area (Å²) in [6.07, 6.45) is 0.578. The van der Waals surface area contributed by atoms with Gasteiger partial charge in [-0.2, -0.15) is 8.42 Å². The standard InChI is InChI=1S/C18H18F3N3O4S/c19-16-11(1-2-12-7-13(12)8-23-6-5-18(20,21)10-23)3-4-14(25)17(16)24-9-15(26)22-29(24,27)28/h3-4,12-13,25H,5-10H2,(H,22,26)/t12-,13+/m0/s1. The number of alkyl halides is 2. The normalized spacial score (nSPS) is 27.4. The van der Waals surface area contributed by atoms with Gasteiger partial charge in [0.1, 0.15) is 18.0 Å². The van der Waals surface area contributed by atoms with Crippen LogP contribution in [0.25, 0.3) is 0 Å². The highest BCUT2D eigenvalue weighted by molar-refractivity contribution is 7.92. The summed E-state index contributed by atoms with van der Waals surface area (Å²) in [5, 5.41) is 9.93. The number of benzene rings is 1. The van der Waals surface area contributed by atoms with E-state index in [2.05, 4.69) is 11.8 Å². The first-order chi connectivity index (χ1) is 13.6. The van der Waals surface area contributed by atoms with Gasteiger partial charge in [-0.15, -0.1) is 0 Å². The van der Waals surface area contributed by atoms with Crippen molar-refractivity contribution in [2.24, 2.45) is 11.8 Å². The summed E-state index contributed by atoms with van der Waals surface area (Å²) in [6, 6.07) is 2.33. The minimum atomic E-state index is -4.28. The van der Waals surface area contributed by atoms with E-state index in [1.807, 2.05) is 0 Å². The van der Waals surface area contributed by atoms with Crippen LogP contribution in [0.15, 0.2) is 12.1 Å². The van der Waals surface area contributed by atoms with Crippen molar-refractivity contribution >= 4 is 21.8 Å². The van der Waals surface area contributed by atoms with Crippen LogP contribution in [-0.2, 0) is 15.0 Å². The van der Waals surface area contributed by atoms with Crippen molar-refractivity contribution in [3.8, 4) is 17.6 Å². The van der Waals surface area contributed by atoms with Gasteiger partial charge in [-0.3, -0.25) is 9.69 Å². The van der Waals surface area contributed by atoms with E-state index in [1.54, 1.807) is 9.62 Å². The Morgan fingerprint density at radius 3 is 2.72 bits per heavy atom. The average Bonchev–Trinajstić information content (AvgIpc) is 3.16. The number of carbonyl (C=O) groups is 1. The van der Waals surface area contributed by atoms with Crippen LogP contribution in [0.1, 0.15) is 18.4 Å². The molecule has 1 saturated carbocycles. The lowest BCUT2D eigenvalue weighted by atomic mass is 10.1. The molecule has 1 aliphatic carbocycles. The van der Waals surface area contributed by atoms with Crippen LogP contribution >= 0.6 is 0 Å². The number of hydrogen-bond donors (Lipinski definition) is 2. The highest BCUT2D eigenvalue weighted by Crippen LogP contribution is 2.40.